The molecule has 0 radical (unpaired) electrons. The molecular weight excluding hydrogens is 438 g/mol. The van der Waals surface area contributed by atoms with Gasteiger partial charge in [0.2, 0.25) is 0 Å². The summed E-state index contributed by atoms with van der Waals surface area (Å²) in [5.41, 5.74) is 2.85. The second-order valence-corrected chi connectivity index (χ2v) is 9.58. The van der Waals surface area contributed by atoms with Crippen LogP contribution in [0.1, 0.15) is 15.9 Å². The molecule has 1 N–H and O–H groups in total. The van der Waals surface area contributed by atoms with Crippen LogP contribution in [0.4, 0.5) is 11.4 Å². The largest absolute Gasteiger partial charge is 0.495 e. The number of hydrogen-bond acceptors (Lipinski definition) is 5. The fraction of sp³-hybridized carbons (Fsp3) is 0.240. The average Bonchev–Trinajstić information content (AvgIpc) is 2.85. The first-order valence-electron chi connectivity index (χ1n) is 10.7. The van der Waals surface area contributed by atoms with Crippen LogP contribution in [0.5, 0.6) is 5.75 Å². The Hall–Kier alpha value is -3.52. The van der Waals surface area contributed by atoms with Gasteiger partial charge in [0.15, 0.2) is 0 Å². The van der Waals surface area contributed by atoms with Gasteiger partial charge < -0.3 is 14.5 Å². The van der Waals surface area contributed by atoms with Crippen molar-refractivity contribution in [3.8, 4) is 5.75 Å². The molecule has 7 nitrogen and oxygen atoms in total. The van der Waals surface area contributed by atoms with Crippen molar-refractivity contribution in [2.75, 3.05) is 42.9 Å². The van der Waals surface area contributed by atoms with Crippen molar-refractivity contribution >= 4 is 27.3 Å². The highest BCUT2D eigenvalue weighted by Gasteiger charge is 2.24. The van der Waals surface area contributed by atoms with Crippen molar-refractivity contribution in [3.05, 3.63) is 83.9 Å². The fourth-order valence-corrected chi connectivity index (χ4v) is 5.02. The standard InChI is InChI=1S/C25H27N3O4S/c1-19-7-3-4-8-22(19)26-33(30,31)21-13-11-20(12-14-21)25(29)28-17-15-27(16-18-28)23-9-5-6-10-24(23)32-2/h3-14,26H,15-18H2,1-2H3. The molecule has 1 amide bonds. The number of nitrogens with zero attached hydrogens (tertiary/aromatic N) is 2. The van der Waals surface area contributed by atoms with E-state index < -0.39 is 10.0 Å². The number of para-hydroxylation sites is 3. The predicted octanol–water partition coefficient (Wildman–Crippen LogP) is 3.77. The number of amides is 1. The average molecular weight is 466 g/mol. The molecule has 8 heteroatoms. The zero-order valence-corrected chi connectivity index (χ0v) is 19.5. The molecule has 0 unspecified atom stereocenters. The first-order chi connectivity index (χ1) is 15.9. The second kappa shape index (κ2) is 9.54. The third-order valence-electron chi connectivity index (χ3n) is 5.79. The van der Waals surface area contributed by atoms with Gasteiger partial charge in [-0.1, -0.05) is 30.3 Å². The highest BCUT2D eigenvalue weighted by Crippen LogP contribution is 2.28. The van der Waals surface area contributed by atoms with Crippen LogP contribution in [0, 0.1) is 6.92 Å². The first-order valence-corrected chi connectivity index (χ1v) is 12.2. The number of anilines is 2. The molecule has 0 bridgehead atoms. The molecule has 0 spiro atoms. The molecule has 3 aromatic carbocycles. The number of aryl methyl sites for hydroxylation is 1. The zero-order valence-electron chi connectivity index (χ0n) is 18.7. The molecule has 1 heterocycles. The Morgan fingerprint density at radius 2 is 1.52 bits per heavy atom. The molecule has 3 aromatic rings. The normalized spacial score (nSPS) is 14.1. The maximum Gasteiger partial charge on any atom is 0.261 e. The molecule has 1 fully saturated rings. The van der Waals surface area contributed by atoms with Crippen LogP contribution in [0.2, 0.25) is 0 Å². The van der Waals surface area contributed by atoms with Crippen molar-refractivity contribution in [3.63, 3.8) is 0 Å². The number of rotatable bonds is 6. The number of nitrogens with one attached hydrogen (secondary N) is 1. The molecule has 1 aliphatic rings. The number of piperazine rings is 1. The van der Waals surface area contributed by atoms with Crippen molar-refractivity contribution < 1.29 is 17.9 Å². The van der Waals surface area contributed by atoms with Crippen molar-refractivity contribution in [1.82, 2.24) is 4.90 Å². The third kappa shape index (κ3) is 4.96. The zero-order chi connectivity index (χ0) is 23.4. The van der Waals surface area contributed by atoms with Crippen LogP contribution in [-0.2, 0) is 10.0 Å². The number of methoxy groups -OCH3 is 1. The minimum atomic E-state index is -3.74. The van der Waals surface area contributed by atoms with Crippen LogP contribution >= 0.6 is 0 Å². The third-order valence-corrected chi connectivity index (χ3v) is 7.18. The summed E-state index contributed by atoms with van der Waals surface area (Å²) in [5, 5.41) is 0. The van der Waals surface area contributed by atoms with E-state index in [4.69, 9.17) is 4.74 Å². The number of sulfonamides is 1. The van der Waals surface area contributed by atoms with Crippen LogP contribution in [0.3, 0.4) is 0 Å². The maximum absolute atomic E-state index is 13.0. The summed E-state index contributed by atoms with van der Waals surface area (Å²) in [4.78, 5) is 17.1. The summed E-state index contributed by atoms with van der Waals surface area (Å²) < 4.78 is 33.5. The summed E-state index contributed by atoms with van der Waals surface area (Å²) in [7, 11) is -2.09. The maximum atomic E-state index is 13.0. The van der Waals surface area contributed by atoms with Crippen molar-refractivity contribution in [2.24, 2.45) is 0 Å². The van der Waals surface area contributed by atoms with Gasteiger partial charge in [-0.3, -0.25) is 9.52 Å². The monoisotopic (exact) mass is 465 g/mol. The molecule has 0 aromatic heterocycles. The van der Waals surface area contributed by atoms with E-state index in [0.717, 1.165) is 17.0 Å². The van der Waals surface area contributed by atoms with E-state index in [0.29, 0.717) is 37.4 Å². The first kappa shape index (κ1) is 22.7. The van der Waals surface area contributed by atoms with Crippen LogP contribution in [-0.4, -0.2) is 52.5 Å². The van der Waals surface area contributed by atoms with E-state index >= 15 is 0 Å². The van der Waals surface area contributed by atoms with Gasteiger partial charge in [0.05, 0.1) is 23.4 Å². The van der Waals surface area contributed by atoms with Crippen molar-refractivity contribution in [2.45, 2.75) is 11.8 Å². The van der Waals surface area contributed by atoms with Crippen LogP contribution in [0.25, 0.3) is 0 Å². The fourth-order valence-electron chi connectivity index (χ4n) is 3.89. The second-order valence-electron chi connectivity index (χ2n) is 7.90. The molecule has 0 saturated carbocycles. The molecular formula is C25H27N3O4S. The van der Waals surface area contributed by atoms with E-state index in [1.807, 2.05) is 43.3 Å². The summed E-state index contributed by atoms with van der Waals surface area (Å²) in [6.45, 7) is 4.38. The number of benzene rings is 3. The van der Waals surface area contributed by atoms with Gasteiger partial charge in [-0.05, 0) is 55.0 Å². The summed E-state index contributed by atoms with van der Waals surface area (Å²) in [6.07, 6.45) is 0. The summed E-state index contributed by atoms with van der Waals surface area (Å²) >= 11 is 0. The Balaban J connectivity index is 1.41. The van der Waals surface area contributed by atoms with Gasteiger partial charge in [0.1, 0.15) is 5.75 Å². The predicted molar refractivity (Wildman–Crippen MR) is 130 cm³/mol. The SMILES string of the molecule is COc1ccccc1N1CCN(C(=O)c2ccc(S(=O)(=O)Nc3ccccc3C)cc2)CC1. The topological polar surface area (TPSA) is 79.0 Å². The molecule has 172 valence electrons. The number of hydrogen-bond donors (Lipinski definition) is 1. The Morgan fingerprint density at radius 3 is 2.18 bits per heavy atom. The van der Waals surface area contributed by atoms with E-state index in [1.54, 1.807) is 36.3 Å². The highest BCUT2D eigenvalue weighted by atomic mass is 32.2. The lowest BCUT2D eigenvalue weighted by Gasteiger charge is -2.36. The van der Waals surface area contributed by atoms with E-state index in [2.05, 4.69) is 9.62 Å². The lowest BCUT2D eigenvalue weighted by molar-refractivity contribution is 0.0746. The van der Waals surface area contributed by atoms with Gasteiger partial charge in [-0.25, -0.2) is 8.42 Å². The van der Waals surface area contributed by atoms with Gasteiger partial charge in [-0.15, -0.1) is 0 Å². The number of carbonyl (C=O) groups excluding carboxylic acids is 1. The van der Waals surface area contributed by atoms with Crippen LogP contribution in [0.15, 0.2) is 77.7 Å². The molecule has 0 aliphatic carbocycles. The van der Waals surface area contributed by atoms with Gasteiger partial charge in [0.25, 0.3) is 15.9 Å². The van der Waals surface area contributed by atoms with Crippen molar-refractivity contribution in [1.29, 1.82) is 0 Å². The Labute approximate surface area is 194 Å². The Morgan fingerprint density at radius 1 is 0.879 bits per heavy atom. The van der Waals surface area contributed by atoms with E-state index in [-0.39, 0.29) is 10.8 Å². The Bertz CT molecular complexity index is 1230. The minimum Gasteiger partial charge on any atom is -0.495 e. The Kier molecular flexibility index (Phi) is 6.55. The summed E-state index contributed by atoms with van der Waals surface area (Å²) in [5.74, 6) is 0.707. The van der Waals surface area contributed by atoms with Crippen LogP contribution < -0.4 is 14.4 Å². The quantitative estimate of drug-likeness (QED) is 0.600. The minimum absolute atomic E-state index is 0.106. The van der Waals surface area contributed by atoms with Gasteiger partial charge in [-0.2, -0.15) is 0 Å². The smallest absolute Gasteiger partial charge is 0.261 e. The van der Waals surface area contributed by atoms with Gasteiger partial charge >= 0.3 is 0 Å². The molecule has 0 atom stereocenters. The molecule has 1 saturated heterocycles. The molecule has 1 aliphatic heterocycles. The lowest BCUT2D eigenvalue weighted by atomic mass is 10.1. The number of carbonyl (C=O) groups is 1. The molecule has 4 rings (SSSR count). The number of ether oxygens (including phenoxy) is 1. The van der Waals surface area contributed by atoms with Gasteiger partial charge in [0, 0.05) is 31.7 Å². The highest BCUT2D eigenvalue weighted by molar-refractivity contribution is 7.92. The molecule has 33 heavy (non-hydrogen) atoms. The van der Waals surface area contributed by atoms with E-state index in [9.17, 15) is 13.2 Å². The van der Waals surface area contributed by atoms with E-state index in [1.165, 1.54) is 12.1 Å². The lowest BCUT2D eigenvalue weighted by Crippen LogP contribution is -2.48. The summed E-state index contributed by atoms with van der Waals surface area (Å²) in [6, 6.07) is 21.1.